The Morgan fingerprint density at radius 1 is 1.50 bits per heavy atom. The fraction of sp³-hybridized carbons (Fsp3) is 0.286. The third-order valence-electron chi connectivity index (χ3n) is 0.780. The summed E-state index contributed by atoms with van der Waals surface area (Å²) in [5, 5.41) is 16.6. The third kappa shape index (κ3) is 6.76. The van der Waals surface area contributed by atoms with Crippen molar-refractivity contribution >= 4 is 11.9 Å². The molecule has 67 valence electrons. The molecule has 0 heterocycles. The van der Waals surface area contributed by atoms with E-state index in [9.17, 15) is 9.59 Å². The fourth-order valence-electron chi connectivity index (χ4n) is 0.366. The molecule has 5 nitrogen and oxygen atoms in total. The molecule has 5 heteroatoms. The zero-order chi connectivity index (χ0) is 9.56. The number of aliphatic carboxylic acids is 1. The van der Waals surface area contributed by atoms with E-state index < -0.39 is 18.0 Å². The fourth-order valence-corrected chi connectivity index (χ4v) is 0.366. The molecular formula is C7H9O5. The van der Waals surface area contributed by atoms with Crippen molar-refractivity contribution in [1.82, 2.24) is 0 Å². The van der Waals surface area contributed by atoms with Crippen LogP contribution in [0, 0.1) is 6.92 Å². The van der Waals surface area contributed by atoms with Gasteiger partial charge in [-0.25, -0.2) is 9.59 Å². The summed E-state index contributed by atoms with van der Waals surface area (Å²) >= 11 is 0. The molecule has 0 aromatic carbocycles. The highest BCUT2D eigenvalue weighted by atomic mass is 16.5. The van der Waals surface area contributed by atoms with Crippen molar-refractivity contribution in [3.05, 3.63) is 19.1 Å². The zero-order valence-corrected chi connectivity index (χ0v) is 6.27. The van der Waals surface area contributed by atoms with Gasteiger partial charge in [0.25, 0.3) is 0 Å². The number of esters is 1. The Hall–Kier alpha value is -1.36. The van der Waals surface area contributed by atoms with E-state index in [1.807, 2.05) is 0 Å². The van der Waals surface area contributed by atoms with Crippen molar-refractivity contribution in [2.75, 3.05) is 6.61 Å². The molecule has 0 spiro atoms. The molecule has 0 fully saturated rings. The van der Waals surface area contributed by atoms with Crippen LogP contribution in [0.15, 0.2) is 12.2 Å². The van der Waals surface area contributed by atoms with Crippen LogP contribution in [0.5, 0.6) is 0 Å². The maximum absolute atomic E-state index is 10.5. The number of carbonyl (C=O) groups is 2. The van der Waals surface area contributed by atoms with Gasteiger partial charge < -0.3 is 14.9 Å². The number of carboxylic acids is 1. The number of aliphatic hydroxyl groups excluding tert-OH is 1. The predicted molar refractivity (Wildman–Crippen MR) is 39.1 cm³/mol. The molecule has 12 heavy (non-hydrogen) atoms. The molecule has 0 aliphatic heterocycles. The zero-order valence-electron chi connectivity index (χ0n) is 6.27. The first-order chi connectivity index (χ1) is 5.52. The van der Waals surface area contributed by atoms with Crippen molar-refractivity contribution in [3.8, 4) is 0 Å². The van der Waals surface area contributed by atoms with Gasteiger partial charge in [-0.05, 0) is 6.92 Å². The molecule has 0 aliphatic rings. The number of hydrogen-bond acceptors (Lipinski definition) is 4. The molecule has 0 rings (SSSR count). The summed E-state index contributed by atoms with van der Waals surface area (Å²) < 4.78 is 4.35. The van der Waals surface area contributed by atoms with Crippen molar-refractivity contribution in [2.24, 2.45) is 0 Å². The largest absolute Gasteiger partial charge is 0.478 e. The summed E-state index contributed by atoms with van der Waals surface area (Å²) in [6.07, 6.45) is 0.412. The Bertz CT molecular complexity index is 194. The smallest absolute Gasteiger partial charge is 0.331 e. The lowest BCUT2D eigenvalue weighted by atomic mass is 10.4. The monoisotopic (exact) mass is 173 g/mol. The Kier molecular flexibility index (Phi) is 4.71. The van der Waals surface area contributed by atoms with Crippen LogP contribution >= 0.6 is 0 Å². The van der Waals surface area contributed by atoms with Gasteiger partial charge in [-0.3, -0.25) is 0 Å². The third-order valence-corrected chi connectivity index (χ3v) is 0.780. The van der Waals surface area contributed by atoms with Gasteiger partial charge in [-0.15, -0.1) is 0 Å². The number of ether oxygens (including phenoxy) is 1. The average Bonchev–Trinajstić information content (AvgIpc) is 1.96. The first kappa shape index (κ1) is 10.6. The van der Waals surface area contributed by atoms with E-state index in [0.29, 0.717) is 6.08 Å². The van der Waals surface area contributed by atoms with Crippen molar-refractivity contribution in [1.29, 1.82) is 0 Å². The Morgan fingerprint density at radius 3 is 2.50 bits per heavy atom. The average molecular weight is 173 g/mol. The standard InChI is InChI=1S/C7H9O5/c1-5(8)4-12-7(11)3-2-6(9)10/h2-3,5,8H,1,4H2,(H,9,10)/b3-2+. The molecule has 1 atom stereocenters. The van der Waals surface area contributed by atoms with Crippen LogP contribution < -0.4 is 0 Å². The molecule has 0 bridgehead atoms. The second-order valence-corrected chi connectivity index (χ2v) is 1.96. The van der Waals surface area contributed by atoms with Crippen LogP contribution in [-0.2, 0) is 14.3 Å². The van der Waals surface area contributed by atoms with Gasteiger partial charge in [0.05, 0.1) is 6.10 Å². The minimum absolute atomic E-state index is 0.247. The minimum atomic E-state index is -1.23. The first-order valence-corrected chi connectivity index (χ1v) is 3.11. The number of carbonyl (C=O) groups excluding carboxylic acids is 1. The van der Waals surface area contributed by atoms with E-state index in [0.717, 1.165) is 6.08 Å². The van der Waals surface area contributed by atoms with Gasteiger partial charge in [0.15, 0.2) is 0 Å². The quantitative estimate of drug-likeness (QED) is 0.436. The second kappa shape index (κ2) is 5.31. The minimum Gasteiger partial charge on any atom is -0.478 e. The summed E-state index contributed by atoms with van der Waals surface area (Å²) in [5.74, 6) is -2.05. The Morgan fingerprint density at radius 2 is 2.08 bits per heavy atom. The Labute approximate surface area is 69.3 Å². The molecule has 0 saturated heterocycles. The van der Waals surface area contributed by atoms with E-state index in [2.05, 4.69) is 11.7 Å². The second-order valence-electron chi connectivity index (χ2n) is 1.96. The predicted octanol–water partition coefficient (Wildman–Crippen LogP) is -0.635. The van der Waals surface area contributed by atoms with Crippen molar-refractivity contribution in [3.63, 3.8) is 0 Å². The van der Waals surface area contributed by atoms with Crippen molar-refractivity contribution in [2.45, 2.75) is 6.10 Å². The van der Waals surface area contributed by atoms with Crippen LogP contribution in [0.4, 0.5) is 0 Å². The normalized spacial score (nSPS) is 12.8. The number of carboxylic acid groups (broad SMARTS) is 1. The van der Waals surface area contributed by atoms with Crippen LogP contribution in [0.3, 0.4) is 0 Å². The van der Waals surface area contributed by atoms with Gasteiger partial charge in [-0.1, -0.05) is 0 Å². The van der Waals surface area contributed by atoms with Crippen LogP contribution in [-0.4, -0.2) is 34.9 Å². The van der Waals surface area contributed by atoms with Crippen molar-refractivity contribution < 1.29 is 24.5 Å². The van der Waals surface area contributed by atoms with E-state index >= 15 is 0 Å². The summed E-state index contributed by atoms with van der Waals surface area (Å²) in [7, 11) is 0. The molecule has 1 radical (unpaired) electrons. The summed E-state index contributed by atoms with van der Waals surface area (Å²) in [6.45, 7) is 2.90. The lowest BCUT2D eigenvalue weighted by molar-refractivity contribution is -0.140. The van der Waals surface area contributed by atoms with Gasteiger partial charge in [0.2, 0.25) is 0 Å². The highest BCUT2D eigenvalue weighted by Gasteiger charge is 2.00. The molecule has 0 aromatic rings. The van der Waals surface area contributed by atoms with E-state index in [4.69, 9.17) is 10.2 Å². The van der Waals surface area contributed by atoms with Gasteiger partial charge in [0, 0.05) is 12.2 Å². The topological polar surface area (TPSA) is 83.8 Å². The number of hydrogen-bond donors (Lipinski definition) is 2. The van der Waals surface area contributed by atoms with E-state index in [1.54, 1.807) is 0 Å². The summed E-state index contributed by atoms with van der Waals surface area (Å²) in [4.78, 5) is 20.4. The molecule has 0 aromatic heterocycles. The molecule has 1 unspecified atom stereocenters. The molecule has 0 aliphatic carbocycles. The van der Waals surface area contributed by atoms with Crippen LogP contribution in [0.25, 0.3) is 0 Å². The highest BCUT2D eigenvalue weighted by Crippen LogP contribution is 1.85. The molecule has 2 N–H and O–H groups in total. The maximum Gasteiger partial charge on any atom is 0.331 e. The van der Waals surface area contributed by atoms with Gasteiger partial charge in [-0.2, -0.15) is 0 Å². The lowest BCUT2D eigenvalue weighted by Gasteiger charge is -2.02. The molecule has 0 amide bonds. The van der Waals surface area contributed by atoms with E-state index in [1.165, 1.54) is 0 Å². The van der Waals surface area contributed by atoms with Gasteiger partial charge in [0.1, 0.15) is 6.61 Å². The Balaban J connectivity index is 3.67. The lowest BCUT2D eigenvalue weighted by Crippen LogP contribution is -2.14. The van der Waals surface area contributed by atoms with Crippen LogP contribution in [0.2, 0.25) is 0 Å². The highest BCUT2D eigenvalue weighted by molar-refractivity contribution is 5.90. The first-order valence-electron chi connectivity index (χ1n) is 3.11. The number of rotatable bonds is 4. The van der Waals surface area contributed by atoms with E-state index in [-0.39, 0.29) is 6.61 Å². The maximum atomic E-state index is 10.5. The number of aliphatic hydroxyl groups is 1. The van der Waals surface area contributed by atoms with Gasteiger partial charge >= 0.3 is 11.9 Å². The van der Waals surface area contributed by atoms with Crippen LogP contribution in [0.1, 0.15) is 0 Å². The summed E-state index contributed by atoms with van der Waals surface area (Å²) in [6, 6.07) is 0. The molecular weight excluding hydrogens is 164 g/mol. The SMILES string of the molecule is [CH2]C(O)COC(=O)/C=C/C(=O)O. The molecule has 0 saturated carbocycles. The summed E-state index contributed by atoms with van der Waals surface area (Å²) in [5.41, 5.74) is 0.